The van der Waals surface area contributed by atoms with Crippen molar-refractivity contribution in [2.75, 3.05) is 39.0 Å². The predicted molar refractivity (Wildman–Crippen MR) is 118 cm³/mol. The number of hydrogen-bond donors (Lipinski definition) is 1. The summed E-state index contributed by atoms with van der Waals surface area (Å²) < 4.78 is 0. The molecular weight excluding hydrogens is 378 g/mol. The highest BCUT2D eigenvalue weighted by molar-refractivity contribution is 5.87. The summed E-state index contributed by atoms with van der Waals surface area (Å²) in [5.41, 5.74) is 2.75. The molecule has 2 aromatic heterocycles. The second-order valence-electron chi connectivity index (χ2n) is 8.11. The molecule has 1 atom stereocenters. The van der Waals surface area contributed by atoms with Gasteiger partial charge in [-0.25, -0.2) is 19.9 Å². The van der Waals surface area contributed by atoms with Crippen molar-refractivity contribution >= 4 is 17.7 Å². The Kier molecular flexibility index (Phi) is 7.10. The number of nitrogens with one attached hydrogen (secondary N) is 1. The summed E-state index contributed by atoms with van der Waals surface area (Å²) in [6, 6.07) is 3.89. The molecule has 1 amide bonds. The van der Waals surface area contributed by atoms with E-state index in [1.807, 2.05) is 62.9 Å². The Bertz CT molecular complexity index is 905. The third kappa shape index (κ3) is 6.06. The van der Waals surface area contributed by atoms with E-state index < -0.39 is 0 Å². The Morgan fingerprint density at radius 1 is 1.17 bits per heavy atom. The van der Waals surface area contributed by atoms with Gasteiger partial charge in [-0.05, 0) is 53.8 Å². The van der Waals surface area contributed by atoms with Crippen molar-refractivity contribution in [1.29, 1.82) is 0 Å². The van der Waals surface area contributed by atoms with E-state index in [4.69, 9.17) is 0 Å². The summed E-state index contributed by atoms with van der Waals surface area (Å²) in [7, 11) is 3.97. The topological polar surface area (TPSA) is 87.1 Å². The number of piperidine rings is 1. The van der Waals surface area contributed by atoms with E-state index >= 15 is 0 Å². The molecule has 1 unspecified atom stereocenters. The lowest BCUT2D eigenvalue weighted by atomic mass is 9.94. The van der Waals surface area contributed by atoms with Crippen LogP contribution < -0.4 is 5.32 Å². The second-order valence-corrected chi connectivity index (χ2v) is 8.11. The fraction of sp³-hybridized carbons (Fsp3) is 0.500. The Morgan fingerprint density at radius 3 is 2.60 bits per heavy atom. The number of likely N-dealkylation sites (tertiary alicyclic amines) is 1. The average Bonchev–Trinajstić information content (AvgIpc) is 2.66. The molecule has 1 saturated heterocycles. The fourth-order valence-corrected chi connectivity index (χ4v) is 3.65. The van der Waals surface area contributed by atoms with Crippen LogP contribution in [0.5, 0.6) is 0 Å². The quantitative estimate of drug-likeness (QED) is 0.734. The van der Waals surface area contributed by atoms with Gasteiger partial charge in [0.15, 0.2) is 0 Å². The van der Waals surface area contributed by atoms with Crippen molar-refractivity contribution in [3.63, 3.8) is 0 Å². The molecule has 30 heavy (non-hydrogen) atoms. The lowest BCUT2D eigenvalue weighted by molar-refractivity contribution is -0.127. The van der Waals surface area contributed by atoms with Gasteiger partial charge >= 0.3 is 0 Å². The highest BCUT2D eigenvalue weighted by Gasteiger charge is 2.25. The predicted octanol–water partition coefficient (Wildman–Crippen LogP) is 2.76. The molecule has 1 aliphatic rings. The van der Waals surface area contributed by atoms with Gasteiger partial charge in [-0.15, -0.1) is 0 Å². The van der Waals surface area contributed by atoms with Crippen LogP contribution in [0.25, 0.3) is 0 Å². The largest absolute Gasteiger partial charge is 0.339 e. The molecule has 8 heteroatoms. The summed E-state index contributed by atoms with van der Waals surface area (Å²) in [4.78, 5) is 34.5. The number of hydrogen-bond acceptors (Lipinski definition) is 7. The van der Waals surface area contributed by atoms with Gasteiger partial charge in [-0.3, -0.25) is 4.79 Å². The van der Waals surface area contributed by atoms with Gasteiger partial charge in [0.25, 0.3) is 0 Å². The summed E-state index contributed by atoms with van der Waals surface area (Å²) in [5, 5.41) is 3.21. The zero-order valence-electron chi connectivity index (χ0n) is 18.5. The average molecular weight is 410 g/mol. The van der Waals surface area contributed by atoms with E-state index in [-0.39, 0.29) is 11.8 Å². The molecule has 0 aliphatic carbocycles. The number of nitrogens with zero attached hydrogens (tertiary/aromatic N) is 6. The molecule has 2 aromatic rings. The van der Waals surface area contributed by atoms with Crippen molar-refractivity contribution < 1.29 is 4.79 Å². The number of anilines is 2. The molecule has 3 heterocycles. The van der Waals surface area contributed by atoms with Crippen LogP contribution in [0, 0.1) is 20.8 Å². The van der Waals surface area contributed by atoms with Crippen molar-refractivity contribution in [2.45, 2.75) is 39.5 Å². The smallest absolute Gasteiger partial charge is 0.246 e. The number of aryl methyl sites for hydroxylation is 3. The first kappa shape index (κ1) is 21.8. The van der Waals surface area contributed by atoms with Gasteiger partial charge in [0.05, 0.1) is 5.69 Å². The lowest BCUT2D eigenvalue weighted by Gasteiger charge is -2.32. The Hall–Kier alpha value is -2.87. The van der Waals surface area contributed by atoms with Gasteiger partial charge in [-0.1, -0.05) is 6.08 Å². The third-order valence-electron chi connectivity index (χ3n) is 4.96. The molecule has 1 N–H and O–H groups in total. The van der Waals surface area contributed by atoms with Gasteiger partial charge in [-0.2, -0.15) is 0 Å². The number of amides is 1. The van der Waals surface area contributed by atoms with Gasteiger partial charge in [0, 0.05) is 49.1 Å². The summed E-state index contributed by atoms with van der Waals surface area (Å²) in [5.74, 6) is 2.15. The molecule has 160 valence electrons. The van der Waals surface area contributed by atoms with Crippen molar-refractivity contribution in [1.82, 2.24) is 29.7 Å². The minimum atomic E-state index is 0.0642. The highest BCUT2D eigenvalue weighted by atomic mass is 16.2. The fourth-order valence-electron chi connectivity index (χ4n) is 3.65. The van der Waals surface area contributed by atoms with E-state index in [1.165, 1.54) is 0 Å². The number of likely N-dealkylation sites (N-methyl/N-ethyl adjacent to an activating group) is 1. The summed E-state index contributed by atoms with van der Waals surface area (Å²) in [6.45, 7) is 7.97. The SMILES string of the molecule is Cc1cc(C)nc(Nc2cc(C3CCCN(C(=O)/C=C/CN(C)C)C3)nc(C)n2)n1. The lowest BCUT2D eigenvalue weighted by Crippen LogP contribution is -2.38. The second kappa shape index (κ2) is 9.75. The van der Waals surface area contributed by atoms with Crippen LogP contribution in [0.4, 0.5) is 11.8 Å². The summed E-state index contributed by atoms with van der Waals surface area (Å²) >= 11 is 0. The minimum Gasteiger partial charge on any atom is -0.339 e. The molecule has 1 fully saturated rings. The Labute approximate surface area is 178 Å². The van der Waals surface area contributed by atoms with E-state index in [0.29, 0.717) is 24.1 Å². The first-order chi connectivity index (χ1) is 14.3. The normalized spacial score (nSPS) is 17.0. The molecule has 3 rings (SSSR count). The number of carbonyl (C=O) groups is 1. The van der Waals surface area contributed by atoms with Gasteiger partial charge in [0.1, 0.15) is 11.6 Å². The maximum atomic E-state index is 12.6. The van der Waals surface area contributed by atoms with Crippen LogP contribution in [-0.2, 0) is 4.79 Å². The van der Waals surface area contributed by atoms with E-state index in [0.717, 1.165) is 43.0 Å². The van der Waals surface area contributed by atoms with E-state index in [2.05, 4.69) is 25.3 Å². The monoisotopic (exact) mass is 409 g/mol. The maximum absolute atomic E-state index is 12.6. The Balaban J connectivity index is 1.73. The summed E-state index contributed by atoms with van der Waals surface area (Å²) in [6.07, 6.45) is 5.55. The molecule has 0 spiro atoms. The van der Waals surface area contributed by atoms with Gasteiger partial charge < -0.3 is 15.1 Å². The number of carbonyl (C=O) groups excluding carboxylic acids is 1. The van der Waals surface area contributed by atoms with Crippen molar-refractivity contribution in [2.24, 2.45) is 0 Å². The molecule has 0 radical (unpaired) electrons. The van der Waals surface area contributed by atoms with Crippen LogP contribution >= 0.6 is 0 Å². The van der Waals surface area contributed by atoms with Crippen molar-refractivity contribution in [3.8, 4) is 0 Å². The van der Waals surface area contributed by atoms with E-state index in [1.54, 1.807) is 6.08 Å². The minimum absolute atomic E-state index is 0.0642. The molecule has 1 aliphatic heterocycles. The molecule has 0 aromatic carbocycles. The molecule has 8 nitrogen and oxygen atoms in total. The molecule has 0 saturated carbocycles. The zero-order valence-corrected chi connectivity index (χ0v) is 18.5. The first-order valence-corrected chi connectivity index (χ1v) is 10.3. The van der Waals surface area contributed by atoms with Crippen LogP contribution in [0.2, 0.25) is 0 Å². The van der Waals surface area contributed by atoms with Crippen molar-refractivity contribution in [3.05, 3.63) is 47.2 Å². The Morgan fingerprint density at radius 2 is 1.90 bits per heavy atom. The first-order valence-electron chi connectivity index (χ1n) is 10.3. The highest BCUT2D eigenvalue weighted by Crippen LogP contribution is 2.27. The number of rotatable bonds is 6. The number of aromatic nitrogens is 4. The van der Waals surface area contributed by atoms with Crippen LogP contribution in [0.1, 0.15) is 41.7 Å². The third-order valence-corrected chi connectivity index (χ3v) is 4.96. The van der Waals surface area contributed by atoms with Crippen LogP contribution in [0.15, 0.2) is 24.3 Å². The van der Waals surface area contributed by atoms with Gasteiger partial charge in [0.2, 0.25) is 11.9 Å². The molecular formula is C22H31N7O. The van der Waals surface area contributed by atoms with Crippen LogP contribution in [-0.4, -0.2) is 69.4 Å². The maximum Gasteiger partial charge on any atom is 0.246 e. The molecule has 0 bridgehead atoms. The van der Waals surface area contributed by atoms with Crippen LogP contribution in [0.3, 0.4) is 0 Å². The van der Waals surface area contributed by atoms with E-state index in [9.17, 15) is 4.79 Å². The zero-order chi connectivity index (χ0) is 21.7. The standard InChI is InChI=1S/C22H31N7O/c1-15-12-16(2)24-22(23-15)27-20-13-19(25-17(3)26-20)18-8-6-11-29(14-18)21(30)9-7-10-28(4)5/h7,9,12-13,18H,6,8,10-11,14H2,1-5H3,(H,23,24,25,26,27)/b9-7+.